The maximum atomic E-state index is 5.80. The molecule has 2 aliphatic rings. The van der Waals surface area contributed by atoms with Crippen molar-refractivity contribution in [2.75, 3.05) is 26.3 Å². The van der Waals surface area contributed by atoms with Gasteiger partial charge < -0.3 is 9.47 Å². The van der Waals surface area contributed by atoms with Crippen LogP contribution < -0.4 is 0 Å². The number of hydrogen-bond acceptors (Lipinski definition) is 7. The Hall–Kier alpha value is -4.13. The number of rotatable bonds is 8. The van der Waals surface area contributed by atoms with Gasteiger partial charge in [0.05, 0.1) is 13.1 Å². The molecule has 5 rings (SSSR count). The van der Waals surface area contributed by atoms with Crippen molar-refractivity contribution in [2.24, 2.45) is 20.0 Å². The summed E-state index contributed by atoms with van der Waals surface area (Å²) in [7, 11) is 0. The number of hydrogen-bond donors (Lipinski definition) is 0. The van der Waals surface area contributed by atoms with Crippen LogP contribution in [0.3, 0.4) is 0 Å². The molecule has 0 aliphatic carbocycles. The topological polar surface area (TPSA) is 80.8 Å². The number of benzene rings is 2. The fourth-order valence-electron chi connectivity index (χ4n) is 3.61. The lowest BCUT2D eigenvalue weighted by molar-refractivity contribution is 0.317. The van der Waals surface area contributed by atoms with E-state index < -0.39 is 0 Å². The second-order valence-electron chi connectivity index (χ2n) is 8.02. The highest BCUT2D eigenvalue weighted by molar-refractivity contribution is 5.97. The molecule has 2 aliphatic heterocycles. The second kappa shape index (κ2) is 10.7. The van der Waals surface area contributed by atoms with Crippen molar-refractivity contribution >= 4 is 24.2 Å². The van der Waals surface area contributed by atoms with E-state index in [9.17, 15) is 0 Å². The third-order valence-corrected chi connectivity index (χ3v) is 5.32. The van der Waals surface area contributed by atoms with Crippen LogP contribution in [0.1, 0.15) is 22.5 Å². The van der Waals surface area contributed by atoms with E-state index in [1.54, 1.807) is 0 Å². The van der Waals surface area contributed by atoms with Gasteiger partial charge in [0, 0.05) is 12.4 Å². The fourth-order valence-corrected chi connectivity index (χ4v) is 3.61. The summed E-state index contributed by atoms with van der Waals surface area (Å²) in [5.41, 5.74) is 3.48. The molecule has 170 valence electrons. The Morgan fingerprint density at radius 2 is 1.12 bits per heavy atom. The Morgan fingerprint density at radius 3 is 1.59 bits per heavy atom. The minimum absolute atomic E-state index is 0.0210. The first-order chi connectivity index (χ1) is 16.8. The molecule has 0 N–H and O–H groups in total. The molecule has 0 fully saturated rings. The van der Waals surface area contributed by atoms with Gasteiger partial charge in [-0.05, 0) is 23.3 Å². The van der Waals surface area contributed by atoms with E-state index >= 15 is 0 Å². The number of ether oxygens (including phenoxy) is 2. The van der Waals surface area contributed by atoms with E-state index in [4.69, 9.17) is 9.47 Å². The van der Waals surface area contributed by atoms with Crippen LogP contribution in [0.4, 0.5) is 0 Å². The highest BCUT2D eigenvalue weighted by atomic mass is 16.5. The zero-order chi connectivity index (χ0) is 23.0. The smallest absolute Gasteiger partial charge is 0.235 e. The van der Waals surface area contributed by atoms with E-state index in [0.717, 1.165) is 11.1 Å². The van der Waals surface area contributed by atoms with Gasteiger partial charge in [0.25, 0.3) is 0 Å². The minimum Gasteiger partial charge on any atom is -0.474 e. The van der Waals surface area contributed by atoms with E-state index in [2.05, 4.69) is 25.0 Å². The predicted octanol–water partition coefficient (Wildman–Crippen LogP) is 3.61. The molecule has 0 saturated carbocycles. The molecule has 2 atom stereocenters. The third-order valence-electron chi connectivity index (χ3n) is 5.32. The number of aromatic nitrogens is 1. The monoisotopic (exact) mass is 451 g/mol. The van der Waals surface area contributed by atoms with Crippen LogP contribution >= 0.6 is 0 Å². The van der Waals surface area contributed by atoms with Crippen LogP contribution in [0.5, 0.6) is 0 Å². The van der Waals surface area contributed by atoms with Crippen LogP contribution in [0, 0.1) is 0 Å². The Kier molecular flexibility index (Phi) is 6.80. The lowest BCUT2D eigenvalue weighted by Crippen LogP contribution is -2.11. The number of aliphatic imine (C=N–C) groups is 4. The quantitative estimate of drug-likeness (QED) is 0.491. The molecule has 0 saturated heterocycles. The van der Waals surface area contributed by atoms with Gasteiger partial charge in [0.1, 0.15) is 36.7 Å². The molecular weight excluding hydrogens is 426 g/mol. The summed E-state index contributed by atoms with van der Waals surface area (Å²) in [4.78, 5) is 23.0. The maximum Gasteiger partial charge on any atom is 0.235 e. The summed E-state index contributed by atoms with van der Waals surface area (Å²) in [5, 5.41) is 0. The summed E-state index contributed by atoms with van der Waals surface area (Å²) in [6, 6.07) is 25.7. The van der Waals surface area contributed by atoms with Gasteiger partial charge in [-0.2, -0.15) is 0 Å². The molecule has 7 nitrogen and oxygen atoms in total. The molecular formula is C27H25N5O2. The number of pyridine rings is 1. The zero-order valence-electron chi connectivity index (χ0n) is 18.7. The van der Waals surface area contributed by atoms with E-state index in [1.807, 2.05) is 91.3 Å². The highest BCUT2D eigenvalue weighted by Gasteiger charge is 2.24. The Balaban J connectivity index is 1.20. The molecule has 0 radical (unpaired) electrons. The van der Waals surface area contributed by atoms with Crippen molar-refractivity contribution in [3.05, 3.63) is 101 Å². The van der Waals surface area contributed by atoms with Crippen molar-refractivity contribution in [1.29, 1.82) is 0 Å². The van der Waals surface area contributed by atoms with Crippen LogP contribution in [0.25, 0.3) is 0 Å². The van der Waals surface area contributed by atoms with Crippen molar-refractivity contribution in [3.8, 4) is 0 Å². The highest BCUT2D eigenvalue weighted by Crippen LogP contribution is 2.15. The molecule has 7 heteroatoms. The van der Waals surface area contributed by atoms with Crippen LogP contribution in [0.2, 0.25) is 0 Å². The molecule has 0 amide bonds. The molecule has 1 aromatic heterocycles. The Labute approximate surface area is 198 Å². The van der Waals surface area contributed by atoms with Gasteiger partial charge in [-0.15, -0.1) is 0 Å². The van der Waals surface area contributed by atoms with E-state index in [0.29, 0.717) is 49.5 Å². The number of nitrogens with zero attached hydrogens (tertiary/aromatic N) is 5. The van der Waals surface area contributed by atoms with Gasteiger partial charge in [-0.25, -0.2) is 15.0 Å². The lowest BCUT2D eigenvalue weighted by Gasteiger charge is -2.04. The van der Waals surface area contributed by atoms with Gasteiger partial charge in [-0.3, -0.25) is 9.98 Å². The standard InChI is InChI=1S/C27H25N5O2/c1-3-8-20(9-4-1)14-28-16-22-18-33-26(30-22)24-12-7-13-25(32-24)27-31-23(19-34-27)17-29-15-21-10-5-2-6-11-21/h1-15,22-23H,16-19H2/t22-,23-/m1/s1. The summed E-state index contributed by atoms with van der Waals surface area (Å²) < 4.78 is 11.6. The summed E-state index contributed by atoms with van der Waals surface area (Å²) in [6.45, 7) is 2.12. The molecule has 0 spiro atoms. The molecule has 3 aromatic rings. The molecule has 0 bridgehead atoms. The zero-order valence-corrected chi connectivity index (χ0v) is 18.7. The van der Waals surface area contributed by atoms with Crippen LogP contribution in [0.15, 0.2) is 98.8 Å². The van der Waals surface area contributed by atoms with Gasteiger partial charge in [0.2, 0.25) is 11.8 Å². The van der Waals surface area contributed by atoms with E-state index in [-0.39, 0.29) is 12.1 Å². The van der Waals surface area contributed by atoms with E-state index in [1.165, 1.54) is 0 Å². The van der Waals surface area contributed by atoms with Crippen LogP contribution in [-0.2, 0) is 9.47 Å². The summed E-state index contributed by atoms with van der Waals surface area (Å²) in [6.07, 6.45) is 3.73. The largest absolute Gasteiger partial charge is 0.474 e. The average molecular weight is 452 g/mol. The first-order valence-electron chi connectivity index (χ1n) is 11.3. The molecule has 2 aromatic carbocycles. The third kappa shape index (κ3) is 5.61. The van der Waals surface area contributed by atoms with Crippen LogP contribution in [-0.4, -0.2) is 67.6 Å². The fraction of sp³-hybridized carbons (Fsp3) is 0.222. The normalized spacial score (nSPS) is 19.8. The van der Waals surface area contributed by atoms with Gasteiger partial charge in [0.15, 0.2) is 0 Å². The molecule has 34 heavy (non-hydrogen) atoms. The summed E-state index contributed by atoms with van der Waals surface area (Å²) in [5.74, 6) is 1.06. The van der Waals surface area contributed by atoms with Crippen molar-refractivity contribution in [2.45, 2.75) is 12.1 Å². The maximum absolute atomic E-state index is 5.80. The van der Waals surface area contributed by atoms with Gasteiger partial charge in [-0.1, -0.05) is 66.7 Å². The van der Waals surface area contributed by atoms with Crippen molar-refractivity contribution < 1.29 is 9.47 Å². The molecule has 3 heterocycles. The van der Waals surface area contributed by atoms with Crippen molar-refractivity contribution in [3.63, 3.8) is 0 Å². The SMILES string of the molecule is C(=NC[C@@H]1COC(c2cccc(C3=N[C@H](CN=Cc4ccccc4)CO3)n2)=N1)c1ccccc1. The Bertz CT molecular complexity index is 1130. The first-order valence-corrected chi connectivity index (χ1v) is 11.3. The predicted molar refractivity (Wildman–Crippen MR) is 135 cm³/mol. The average Bonchev–Trinajstić information content (AvgIpc) is 3.56. The summed E-state index contributed by atoms with van der Waals surface area (Å²) >= 11 is 0. The first kappa shape index (κ1) is 21.7. The minimum atomic E-state index is -0.0210. The second-order valence-corrected chi connectivity index (χ2v) is 8.02. The van der Waals surface area contributed by atoms with Crippen molar-refractivity contribution in [1.82, 2.24) is 4.98 Å². The van der Waals surface area contributed by atoms with Gasteiger partial charge >= 0.3 is 0 Å². The molecule has 0 unspecified atom stereocenters. The Morgan fingerprint density at radius 1 is 0.647 bits per heavy atom. The lowest BCUT2D eigenvalue weighted by atomic mass is 10.2.